The molecule has 3 fully saturated rings. The summed E-state index contributed by atoms with van der Waals surface area (Å²) < 4.78 is 0. The lowest BCUT2D eigenvalue weighted by Crippen LogP contribution is -2.32. The highest BCUT2D eigenvalue weighted by Gasteiger charge is 2.61. The van der Waals surface area contributed by atoms with E-state index in [4.69, 9.17) is 11.6 Å². The molecule has 4 heteroatoms. The van der Waals surface area contributed by atoms with Gasteiger partial charge in [0.2, 0.25) is 11.8 Å². The Morgan fingerprint density at radius 1 is 1.00 bits per heavy atom. The maximum absolute atomic E-state index is 12.6. The standard InChI is InChI=1S/C15H14ClNO2/c16-10-3-1-2-4-11(10)17-14(18)12-8-5-6-9(7-8)13(12)15(17)19/h1-4,8-9,12-13H,5-7H2/t8-,9+,12-,13+. The Labute approximate surface area is 116 Å². The first-order chi connectivity index (χ1) is 9.18. The van der Waals surface area contributed by atoms with Crippen molar-refractivity contribution in [2.75, 3.05) is 4.90 Å². The zero-order chi connectivity index (χ0) is 13.1. The van der Waals surface area contributed by atoms with Crippen LogP contribution < -0.4 is 4.90 Å². The van der Waals surface area contributed by atoms with E-state index < -0.39 is 0 Å². The summed E-state index contributed by atoms with van der Waals surface area (Å²) in [4.78, 5) is 26.5. The normalized spacial score (nSPS) is 36.2. The number of halogens is 1. The number of nitrogens with zero attached hydrogens (tertiary/aromatic N) is 1. The highest BCUT2D eigenvalue weighted by molar-refractivity contribution is 6.36. The largest absolute Gasteiger partial charge is 0.274 e. The van der Waals surface area contributed by atoms with Crippen LogP contribution in [0.4, 0.5) is 5.69 Å². The molecule has 3 aliphatic rings. The Morgan fingerprint density at radius 3 is 2.16 bits per heavy atom. The summed E-state index contributed by atoms with van der Waals surface area (Å²) in [5, 5.41) is 0.469. The van der Waals surface area contributed by atoms with Gasteiger partial charge >= 0.3 is 0 Å². The molecule has 1 heterocycles. The van der Waals surface area contributed by atoms with Gasteiger partial charge in [-0.2, -0.15) is 0 Å². The van der Waals surface area contributed by atoms with Crippen LogP contribution in [0.25, 0.3) is 0 Å². The smallest absolute Gasteiger partial charge is 0.238 e. The topological polar surface area (TPSA) is 37.4 Å². The summed E-state index contributed by atoms with van der Waals surface area (Å²) in [6.45, 7) is 0. The molecule has 0 radical (unpaired) electrons. The molecule has 2 bridgehead atoms. The van der Waals surface area contributed by atoms with E-state index >= 15 is 0 Å². The van der Waals surface area contributed by atoms with Crippen LogP contribution in [0.5, 0.6) is 0 Å². The molecule has 2 saturated carbocycles. The summed E-state index contributed by atoms with van der Waals surface area (Å²) in [5.41, 5.74) is 0.549. The highest BCUT2D eigenvalue weighted by Crippen LogP contribution is 2.56. The lowest BCUT2D eigenvalue weighted by Gasteiger charge is -2.19. The van der Waals surface area contributed by atoms with E-state index in [0.29, 0.717) is 22.5 Å². The number of amides is 2. The molecule has 4 rings (SSSR count). The van der Waals surface area contributed by atoms with Gasteiger partial charge in [-0.1, -0.05) is 23.7 Å². The molecule has 1 aliphatic heterocycles. The number of hydrogen-bond donors (Lipinski definition) is 0. The van der Waals surface area contributed by atoms with Gasteiger partial charge in [0, 0.05) is 0 Å². The van der Waals surface area contributed by atoms with E-state index in [0.717, 1.165) is 19.3 Å². The first-order valence-corrected chi connectivity index (χ1v) is 7.18. The number of carbonyl (C=O) groups excluding carboxylic acids is 2. The number of para-hydroxylation sites is 1. The predicted octanol–water partition coefficient (Wildman–Crippen LogP) is 2.88. The van der Waals surface area contributed by atoms with E-state index in [1.165, 1.54) is 4.90 Å². The van der Waals surface area contributed by atoms with Crippen molar-refractivity contribution in [1.29, 1.82) is 0 Å². The molecule has 1 aromatic carbocycles. The highest BCUT2D eigenvalue weighted by atomic mass is 35.5. The third-order valence-electron chi connectivity index (χ3n) is 5.02. The average molecular weight is 276 g/mol. The van der Waals surface area contributed by atoms with Gasteiger partial charge in [0.1, 0.15) is 0 Å². The second-order valence-electron chi connectivity index (χ2n) is 5.85. The SMILES string of the molecule is O=C1[C@@H]2[C@@H]3CC[C@@H](C3)[C@@H]2C(=O)N1c1ccccc1Cl. The monoisotopic (exact) mass is 275 g/mol. The van der Waals surface area contributed by atoms with E-state index in [-0.39, 0.29) is 23.7 Å². The van der Waals surface area contributed by atoms with Crippen molar-refractivity contribution in [2.45, 2.75) is 19.3 Å². The summed E-state index contributed by atoms with van der Waals surface area (Å²) >= 11 is 6.13. The first kappa shape index (κ1) is 11.5. The van der Waals surface area contributed by atoms with Gasteiger partial charge in [-0.25, -0.2) is 4.90 Å². The number of hydrogen-bond acceptors (Lipinski definition) is 2. The molecule has 0 N–H and O–H groups in total. The third kappa shape index (κ3) is 1.39. The average Bonchev–Trinajstić information content (AvgIpc) is 3.06. The second kappa shape index (κ2) is 3.83. The van der Waals surface area contributed by atoms with E-state index in [2.05, 4.69) is 0 Å². The zero-order valence-corrected chi connectivity index (χ0v) is 11.1. The minimum absolute atomic E-state index is 0.0321. The molecule has 0 aromatic heterocycles. The van der Waals surface area contributed by atoms with Gasteiger partial charge in [-0.3, -0.25) is 9.59 Å². The summed E-state index contributed by atoms with van der Waals surface area (Å²) in [5.74, 6) is 0.605. The van der Waals surface area contributed by atoms with Crippen molar-refractivity contribution in [3.05, 3.63) is 29.3 Å². The fraction of sp³-hybridized carbons (Fsp3) is 0.467. The Bertz CT molecular complexity index is 557. The summed E-state index contributed by atoms with van der Waals surface area (Å²) in [6, 6.07) is 7.09. The molecule has 2 aliphatic carbocycles. The van der Waals surface area contributed by atoms with Crippen molar-refractivity contribution in [3.63, 3.8) is 0 Å². The van der Waals surface area contributed by atoms with Crippen LogP contribution in [-0.2, 0) is 9.59 Å². The molecule has 1 aromatic rings. The Balaban J connectivity index is 1.78. The molecule has 0 unspecified atom stereocenters. The molecule has 2 amide bonds. The minimum Gasteiger partial charge on any atom is -0.274 e. The van der Waals surface area contributed by atoms with Gasteiger partial charge in [0.05, 0.1) is 22.5 Å². The predicted molar refractivity (Wildman–Crippen MR) is 71.8 cm³/mol. The quantitative estimate of drug-likeness (QED) is 0.739. The van der Waals surface area contributed by atoms with Crippen molar-refractivity contribution in [3.8, 4) is 0 Å². The Hall–Kier alpha value is -1.35. The van der Waals surface area contributed by atoms with Gasteiger partial charge in [0.25, 0.3) is 0 Å². The van der Waals surface area contributed by atoms with Crippen LogP contribution in [0.15, 0.2) is 24.3 Å². The Morgan fingerprint density at radius 2 is 1.58 bits per heavy atom. The molecular formula is C15H14ClNO2. The number of fused-ring (bicyclic) bond motifs is 5. The van der Waals surface area contributed by atoms with Crippen molar-refractivity contribution in [1.82, 2.24) is 0 Å². The van der Waals surface area contributed by atoms with Gasteiger partial charge in [-0.05, 0) is 43.2 Å². The van der Waals surface area contributed by atoms with Crippen LogP contribution in [0.3, 0.4) is 0 Å². The lowest BCUT2D eigenvalue weighted by atomic mass is 9.81. The van der Waals surface area contributed by atoms with E-state index in [1.807, 2.05) is 6.07 Å². The molecule has 0 spiro atoms. The fourth-order valence-electron chi connectivity index (χ4n) is 4.28. The number of anilines is 1. The first-order valence-electron chi connectivity index (χ1n) is 6.81. The van der Waals surface area contributed by atoms with E-state index in [1.54, 1.807) is 18.2 Å². The van der Waals surface area contributed by atoms with Gasteiger partial charge in [-0.15, -0.1) is 0 Å². The van der Waals surface area contributed by atoms with Crippen LogP contribution in [0, 0.1) is 23.7 Å². The second-order valence-corrected chi connectivity index (χ2v) is 6.26. The van der Waals surface area contributed by atoms with Crippen molar-refractivity contribution in [2.24, 2.45) is 23.7 Å². The number of benzene rings is 1. The number of imide groups is 1. The van der Waals surface area contributed by atoms with Crippen LogP contribution >= 0.6 is 11.6 Å². The molecule has 19 heavy (non-hydrogen) atoms. The molecular weight excluding hydrogens is 262 g/mol. The van der Waals surface area contributed by atoms with Gasteiger partial charge in [0.15, 0.2) is 0 Å². The minimum atomic E-state index is -0.0810. The summed E-state index contributed by atoms with van der Waals surface area (Å²) in [7, 11) is 0. The Kier molecular flexibility index (Phi) is 2.31. The van der Waals surface area contributed by atoms with Crippen molar-refractivity contribution >= 4 is 29.1 Å². The molecule has 3 nitrogen and oxygen atoms in total. The number of carbonyl (C=O) groups is 2. The lowest BCUT2D eigenvalue weighted by molar-refractivity contribution is -0.123. The molecule has 4 atom stereocenters. The molecule has 98 valence electrons. The number of rotatable bonds is 1. The zero-order valence-electron chi connectivity index (χ0n) is 10.4. The summed E-state index contributed by atoms with van der Waals surface area (Å²) in [6.07, 6.45) is 3.26. The fourth-order valence-corrected chi connectivity index (χ4v) is 4.50. The van der Waals surface area contributed by atoms with Crippen LogP contribution in [0.1, 0.15) is 19.3 Å². The molecule has 1 saturated heterocycles. The van der Waals surface area contributed by atoms with Crippen LogP contribution in [0.2, 0.25) is 5.02 Å². The van der Waals surface area contributed by atoms with E-state index in [9.17, 15) is 9.59 Å². The van der Waals surface area contributed by atoms with Crippen LogP contribution in [-0.4, -0.2) is 11.8 Å². The third-order valence-corrected chi connectivity index (χ3v) is 5.34. The maximum Gasteiger partial charge on any atom is 0.238 e. The van der Waals surface area contributed by atoms with Gasteiger partial charge < -0.3 is 0 Å². The maximum atomic E-state index is 12.6. The van der Waals surface area contributed by atoms with Crippen molar-refractivity contribution < 1.29 is 9.59 Å².